The van der Waals surface area contributed by atoms with Gasteiger partial charge in [0.1, 0.15) is 0 Å². The largest absolute Gasteiger partial charge is 0.396 e. The molecule has 20 heavy (non-hydrogen) atoms. The number of nitrogens with zero attached hydrogens (tertiary/aromatic N) is 2. The quantitative estimate of drug-likeness (QED) is 0.836. The van der Waals surface area contributed by atoms with E-state index in [9.17, 15) is 4.79 Å². The van der Waals surface area contributed by atoms with Gasteiger partial charge >= 0.3 is 0 Å². The van der Waals surface area contributed by atoms with Gasteiger partial charge in [0.2, 0.25) is 5.91 Å². The van der Waals surface area contributed by atoms with Gasteiger partial charge in [-0.05, 0) is 54.6 Å². The number of carbonyl (C=O) groups is 1. The number of aliphatic hydroxyl groups excluding tert-OH is 1. The van der Waals surface area contributed by atoms with Crippen molar-refractivity contribution >= 4 is 17.2 Å². The van der Waals surface area contributed by atoms with Crippen molar-refractivity contribution in [3.8, 4) is 0 Å². The van der Waals surface area contributed by atoms with Gasteiger partial charge in [0.15, 0.2) is 0 Å². The molecule has 5 heteroatoms. The van der Waals surface area contributed by atoms with E-state index in [0.717, 1.165) is 32.2 Å². The summed E-state index contributed by atoms with van der Waals surface area (Å²) >= 11 is 1.66. The Balaban J connectivity index is 1.80. The number of thiophene rings is 1. The first-order valence-corrected chi connectivity index (χ1v) is 8.25. The summed E-state index contributed by atoms with van der Waals surface area (Å²) in [6, 6.07) is 2.54. The van der Waals surface area contributed by atoms with Gasteiger partial charge in [0.05, 0.1) is 6.54 Å². The van der Waals surface area contributed by atoms with E-state index in [-0.39, 0.29) is 12.5 Å². The highest BCUT2D eigenvalue weighted by atomic mass is 32.1. The molecule has 1 amide bonds. The van der Waals surface area contributed by atoms with Gasteiger partial charge in [-0.15, -0.1) is 0 Å². The lowest BCUT2D eigenvalue weighted by molar-refractivity contribution is -0.131. The minimum atomic E-state index is 0.187. The Hall–Kier alpha value is -0.910. The first kappa shape index (κ1) is 15.5. The van der Waals surface area contributed by atoms with Crippen LogP contribution in [0.4, 0.5) is 0 Å². The second-order valence-corrected chi connectivity index (χ2v) is 6.29. The predicted molar refractivity (Wildman–Crippen MR) is 81.7 cm³/mol. The number of hydrogen-bond acceptors (Lipinski definition) is 4. The molecule has 0 radical (unpaired) electrons. The molecule has 1 N–H and O–H groups in total. The second-order valence-electron chi connectivity index (χ2n) is 5.51. The Morgan fingerprint density at radius 1 is 1.60 bits per heavy atom. The maximum absolute atomic E-state index is 12.3. The van der Waals surface area contributed by atoms with Crippen molar-refractivity contribution in [1.29, 1.82) is 0 Å². The lowest BCUT2D eigenvalue weighted by atomic mass is 10.1. The summed E-state index contributed by atoms with van der Waals surface area (Å²) in [7, 11) is 1.87. The zero-order valence-corrected chi connectivity index (χ0v) is 12.9. The first-order valence-electron chi connectivity index (χ1n) is 7.30. The third-order valence-electron chi connectivity index (χ3n) is 3.96. The summed E-state index contributed by atoms with van der Waals surface area (Å²) in [5.74, 6) is 0.187. The molecule has 0 spiro atoms. The minimum Gasteiger partial charge on any atom is -0.396 e. The molecule has 2 rings (SSSR count). The highest BCUT2D eigenvalue weighted by Gasteiger charge is 2.26. The highest BCUT2D eigenvalue weighted by Crippen LogP contribution is 2.21. The Bertz CT molecular complexity index is 408. The van der Waals surface area contributed by atoms with Crippen LogP contribution in [0.15, 0.2) is 16.8 Å². The molecule has 4 nitrogen and oxygen atoms in total. The average molecular weight is 296 g/mol. The third kappa shape index (κ3) is 4.30. The van der Waals surface area contributed by atoms with Crippen LogP contribution in [0.2, 0.25) is 0 Å². The molecule has 1 unspecified atom stereocenters. The summed E-state index contributed by atoms with van der Waals surface area (Å²) < 4.78 is 0. The standard InChI is InChI=1S/C15H24N2O2S/c1-16(10-13-6-9-20-12-13)15(19)11-17-7-2-4-14(17)5-3-8-18/h6,9,12,14,18H,2-5,7-8,10-11H2,1H3. The summed E-state index contributed by atoms with van der Waals surface area (Å²) in [6.45, 7) is 2.46. The van der Waals surface area contributed by atoms with E-state index in [1.807, 2.05) is 17.3 Å². The fraction of sp³-hybridized carbons (Fsp3) is 0.667. The zero-order valence-electron chi connectivity index (χ0n) is 12.1. The van der Waals surface area contributed by atoms with E-state index in [2.05, 4.69) is 16.3 Å². The molecule has 1 aromatic heterocycles. The van der Waals surface area contributed by atoms with Gasteiger partial charge < -0.3 is 10.0 Å². The maximum atomic E-state index is 12.3. The molecule has 1 saturated heterocycles. The topological polar surface area (TPSA) is 43.8 Å². The number of amides is 1. The van der Waals surface area contributed by atoms with E-state index < -0.39 is 0 Å². The van der Waals surface area contributed by atoms with Gasteiger partial charge in [-0.25, -0.2) is 0 Å². The van der Waals surface area contributed by atoms with E-state index in [1.54, 1.807) is 11.3 Å². The fourth-order valence-corrected chi connectivity index (χ4v) is 3.46. The summed E-state index contributed by atoms with van der Waals surface area (Å²) in [4.78, 5) is 16.4. The van der Waals surface area contributed by atoms with Gasteiger partial charge in [-0.1, -0.05) is 0 Å². The summed E-state index contributed by atoms with van der Waals surface area (Å²) in [6.07, 6.45) is 4.15. The second kappa shape index (κ2) is 7.76. The number of carbonyl (C=O) groups excluding carboxylic acids is 1. The maximum Gasteiger partial charge on any atom is 0.236 e. The van der Waals surface area contributed by atoms with Crippen molar-refractivity contribution in [1.82, 2.24) is 9.80 Å². The summed E-state index contributed by atoms with van der Waals surface area (Å²) in [5.41, 5.74) is 1.20. The van der Waals surface area contributed by atoms with Crippen LogP contribution >= 0.6 is 11.3 Å². The molecule has 1 aromatic rings. The van der Waals surface area contributed by atoms with Crippen molar-refractivity contribution in [2.75, 3.05) is 26.7 Å². The molecule has 1 atom stereocenters. The highest BCUT2D eigenvalue weighted by molar-refractivity contribution is 7.07. The van der Waals surface area contributed by atoms with Crippen molar-refractivity contribution in [2.45, 2.75) is 38.3 Å². The molecule has 1 aliphatic heterocycles. The monoisotopic (exact) mass is 296 g/mol. The van der Waals surface area contributed by atoms with E-state index in [1.165, 1.54) is 5.56 Å². The van der Waals surface area contributed by atoms with Crippen LogP contribution in [0, 0.1) is 0 Å². The number of rotatable bonds is 7. The van der Waals surface area contributed by atoms with Gasteiger partial charge in [-0.3, -0.25) is 9.69 Å². The van der Waals surface area contributed by atoms with Crippen LogP contribution in [-0.4, -0.2) is 53.6 Å². The van der Waals surface area contributed by atoms with E-state index >= 15 is 0 Å². The molecular formula is C15H24N2O2S. The van der Waals surface area contributed by atoms with Crippen LogP contribution in [-0.2, 0) is 11.3 Å². The predicted octanol–water partition coefficient (Wildman–Crippen LogP) is 1.94. The lowest BCUT2D eigenvalue weighted by Gasteiger charge is -2.26. The van der Waals surface area contributed by atoms with E-state index in [0.29, 0.717) is 19.1 Å². The van der Waals surface area contributed by atoms with Crippen LogP contribution in [0.25, 0.3) is 0 Å². The van der Waals surface area contributed by atoms with Crippen molar-refractivity contribution in [3.05, 3.63) is 22.4 Å². The molecule has 0 aliphatic carbocycles. The first-order chi connectivity index (χ1) is 9.70. The molecule has 0 aromatic carbocycles. The van der Waals surface area contributed by atoms with Crippen LogP contribution in [0.5, 0.6) is 0 Å². The minimum absolute atomic E-state index is 0.187. The molecule has 1 aliphatic rings. The molecular weight excluding hydrogens is 272 g/mol. The molecule has 112 valence electrons. The third-order valence-corrected chi connectivity index (χ3v) is 4.69. The summed E-state index contributed by atoms with van der Waals surface area (Å²) in [5, 5.41) is 13.1. The molecule has 0 saturated carbocycles. The van der Waals surface area contributed by atoms with Crippen molar-refractivity contribution in [2.24, 2.45) is 0 Å². The number of likely N-dealkylation sites (N-methyl/N-ethyl adjacent to an activating group) is 1. The van der Waals surface area contributed by atoms with E-state index in [4.69, 9.17) is 5.11 Å². The number of aliphatic hydroxyl groups is 1. The van der Waals surface area contributed by atoms with Crippen molar-refractivity contribution in [3.63, 3.8) is 0 Å². The Morgan fingerprint density at radius 2 is 2.45 bits per heavy atom. The number of likely N-dealkylation sites (tertiary alicyclic amines) is 1. The Kier molecular flexibility index (Phi) is 6.01. The van der Waals surface area contributed by atoms with Crippen LogP contribution < -0.4 is 0 Å². The molecule has 2 heterocycles. The smallest absolute Gasteiger partial charge is 0.236 e. The number of hydrogen-bond donors (Lipinski definition) is 1. The van der Waals surface area contributed by atoms with Crippen molar-refractivity contribution < 1.29 is 9.90 Å². The Labute approximate surface area is 125 Å². The molecule has 1 fully saturated rings. The Morgan fingerprint density at radius 3 is 3.15 bits per heavy atom. The SMILES string of the molecule is CN(Cc1ccsc1)C(=O)CN1CCCC1CCCO. The van der Waals surface area contributed by atoms with Crippen LogP contribution in [0.1, 0.15) is 31.2 Å². The fourth-order valence-electron chi connectivity index (χ4n) is 2.80. The lowest BCUT2D eigenvalue weighted by Crippen LogP contribution is -2.40. The van der Waals surface area contributed by atoms with Crippen LogP contribution in [0.3, 0.4) is 0 Å². The normalized spacial score (nSPS) is 19.4. The van der Waals surface area contributed by atoms with Gasteiger partial charge in [-0.2, -0.15) is 11.3 Å². The molecule has 0 bridgehead atoms. The van der Waals surface area contributed by atoms with Gasteiger partial charge in [0, 0.05) is 26.2 Å². The average Bonchev–Trinajstić information content (AvgIpc) is 3.08. The zero-order chi connectivity index (χ0) is 14.4. The van der Waals surface area contributed by atoms with Gasteiger partial charge in [0.25, 0.3) is 0 Å².